The topological polar surface area (TPSA) is 67.2 Å². The second kappa shape index (κ2) is 9.42. The third-order valence-electron chi connectivity index (χ3n) is 6.07. The predicted molar refractivity (Wildman–Crippen MR) is 113 cm³/mol. The van der Waals surface area contributed by atoms with E-state index in [1.54, 1.807) is 0 Å². The van der Waals surface area contributed by atoms with Gasteiger partial charge in [0.2, 0.25) is 11.8 Å². The minimum atomic E-state index is 0.196. The van der Waals surface area contributed by atoms with Crippen molar-refractivity contribution in [3.05, 3.63) is 30.1 Å². The molecule has 29 heavy (non-hydrogen) atoms. The third kappa shape index (κ3) is 5.17. The molecule has 156 valence electrons. The highest BCUT2D eigenvalue weighted by molar-refractivity contribution is 5.80. The van der Waals surface area contributed by atoms with Gasteiger partial charge in [0, 0.05) is 44.9 Å². The van der Waals surface area contributed by atoms with Crippen molar-refractivity contribution in [1.82, 2.24) is 19.8 Å². The Balaban J connectivity index is 1.37. The molecule has 4 rings (SSSR count). The van der Waals surface area contributed by atoms with Crippen molar-refractivity contribution in [3.8, 4) is 0 Å². The molecular weight excluding hydrogens is 364 g/mol. The van der Waals surface area contributed by atoms with Crippen LogP contribution in [0.3, 0.4) is 0 Å². The van der Waals surface area contributed by atoms with Gasteiger partial charge >= 0.3 is 0 Å². The molecule has 1 saturated carbocycles. The fourth-order valence-corrected chi connectivity index (χ4v) is 4.20. The maximum Gasteiger partial charge on any atom is 0.224 e. The zero-order chi connectivity index (χ0) is 20.1. The Morgan fingerprint density at radius 3 is 2.59 bits per heavy atom. The number of likely N-dealkylation sites (tertiary alicyclic amines) is 1. The van der Waals surface area contributed by atoms with E-state index in [0.717, 1.165) is 68.5 Å². The number of amides is 2. The summed E-state index contributed by atoms with van der Waals surface area (Å²) in [7, 11) is 0. The first kappa shape index (κ1) is 19.9. The lowest BCUT2D eigenvalue weighted by Gasteiger charge is -2.20. The van der Waals surface area contributed by atoms with E-state index in [2.05, 4.69) is 16.0 Å². The van der Waals surface area contributed by atoms with Gasteiger partial charge in [0.05, 0.1) is 11.0 Å². The molecule has 6 heteroatoms. The molecule has 0 bridgehead atoms. The number of para-hydroxylation sites is 2. The largest absolute Gasteiger partial charge is 0.356 e. The number of imidazole rings is 1. The molecule has 0 spiro atoms. The van der Waals surface area contributed by atoms with Crippen LogP contribution in [0.5, 0.6) is 0 Å². The highest BCUT2D eigenvalue weighted by Crippen LogP contribution is 2.28. The van der Waals surface area contributed by atoms with Crippen LogP contribution in [-0.2, 0) is 22.6 Å². The van der Waals surface area contributed by atoms with Crippen LogP contribution in [0.1, 0.15) is 57.2 Å². The van der Waals surface area contributed by atoms with Gasteiger partial charge in [-0.15, -0.1) is 0 Å². The number of nitrogens with zero attached hydrogens (tertiary/aromatic N) is 3. The van der Waals surface area contributed by atoms with E-state index >= 15 is 0 Å². The number of hydrogen-bond acceptors (Lipinski definition) is 3. The molecule has 1 aliphatic heterocycles. The van der Waals surface area contributed by atoms with Crippen LogP contribution >= 0.6 is 0 Å². The maximum absolute atomic E-state index is 12.7. The van der Waals surface area contributed by atoms with Gasteiger partial charge in [0.15, 0.2) is 0 Å². The van der Waals surface area contributed by atoms with Crippen LogP contribution in [0.25, 0.3) is 11.0 Å². The SMILES string of the molecule is O=C(NCCCc1nc2ccccc2n1CCC(=O)N1CCCCCC1)C1CC1. The number of hydrogen-bond donors (Lipinski definition) is 1. The smallest absolute Gasteiger partial charge is 0.224 e. The minimum Gasteiger partial charge on any atom is -0.356 e. The van der Waals surface area contributed by atoms with Gasteiger partial charge in [-0.2, -0.15) is 0 Å². The van der Waals surface area contributed by atoms with Crippen molar-refractivity contribution in [1.29, 1.82) is 0 Å². The fraction of sp³-hybridized carbons (Fsp3) is 0.609. The third-order valence-corrected chi connectivity index (χ3v) is 6.07. The van der Waals surface area contributed by atoms with Crippen LogP contribution in [0, 0.1) is 5.92 Å². The summed E-state index contributed by atoms with van der Waals surface area (Å²) in [5, 5.41) is 3.03. The number of nitrogens with one attached hydrogen (secondary N) is 1. The zero-order valence-corrected chi connectivity index (χ0v) is 17.2. The first-order chi connectivity index (χ1) is 14.2. The average Bonchev–Trinajstić information content (AvgIpc) is 3.55. The lowest BCUT2D eigenvalue weighted by molar-refractivity contribution is -0.131. The van der Waals surface area contributed by atoms with Crippen molar-refractivity contribution >= 4 is 22.8 Å². The van der Waals surface area contributed by atoms with Gasteiger partial charge in [-0.05, 0) is 44.2 Å². The normalized spacial score (nSPS) is 17.3. The number of rotatable bonds is 8. The maximum atomic E-state index is 12.7. The molecule has 1 aliphatic carbocycles. The van der Waals surface area contributed by atoms with E-state index in [0.29, 0.717) is 19.5 Å². The Morgan fingerprint density at radius 2 is 1.83 bits per heavy atom. The average molecular weight is 397 g/mol. The highest BCUT2D eigenvalue weighted by Gasteiger charge is 2.29. The van der Waals surface area contributed by atoms with Crippen molar-refractivity contribution in [2.24, 2.45) is 5.92 Å². The highest BCUT2D eigenvalue weighted by atomic mass is 16.2. The Morgan fingerprint density at radius 1 is 1.07 bits per heavy atom. The molecule has 0 radical (unpaired) electrons. The van der Waals surface area contributed by atoms with E-state index < -0.39 is 0 Å². The quantitative estimate of drug-likeness (QED) is 0.696. The number of aromatic nitrogens is 2. The fourth-order valence-electron chi connectivity index (χ4n) is 4.20. The predicted octanol–water partition coefficient (Wildman–Crippen LogP) is 3.29. The van der Waals surface area contributed by atoms with Crippen molar-refractivity contribution < 1.29 is 9.59 Å². The van der Waals surface area contributed by atoms with Crippen molar-refractivity contribution in [3.63, 3.8) is 0 Å². The van der Waals surface area contributed by atoms with Gasteiger partial charge < -0.3 is 14.8 Å². The summed E-state index contributed by atoms with van der Waals surface area (Å²) in [5.74, 6) is 1.72. The molecular formula is C23H32N4O2. The van der Waals surface area contributed by atoms with E-state index in [1.165, 1.54) is 12.8 Å². The first-order valence-corrected chi connectivity index (χ1v) is 11.2. The molecule has 0 unspecified atom stereocenters. The van der Waals surface area contributed by atoms with Crippen molar-refractivity contribution in [2.45, 2.75) is 64.3 Å². The molecule has 2 aliphatic rings. The number of aryl methyl sites for hydroxylation is 2. The van der Waals surface area contributed by atoms with Crippen LogP contribution in [-0.4, -0.2) is 45.9 Å². The molecule has 2 amide bonds. The molecule has 0 atom stereocenters. The minimum absolute atomic E-state index is 0.196. The molecule has 1 aromatic heterocycles. The monoisotopic (exact) mass is 396 g/mol. The lowest BCUT2D eigenvalue weighted by atomic mass is 10.2. The van der Waals surface area contributed by atoms with E-state index in [9.17, 15) is 9.59 Å². The summed E-state index contributed by atoms with van der Waals surface area (Å²) in [6.07, 6.45) is 8.97. The zero-order valence-electron chi connectivity index (χ0n) is 17.2. The van der Waals surface area contributed by atoms with Gasteiger partial charge in [-0.3, -0.25) is 9.59 Å². The number of carbonyl (C=O) groups excluding carboxylic acids is 2. The van der Waals surface area contributed by atoms with Gasteiger partial charge in [0.1, 0.15) is 5.82 Å². The molecule has 1 saturated heterocycles. The summed E-state index contributed by atoms with van der Waals surface area (Å²) >= 11 is 0. The summed E-state index contributed by atoms with van der Waals surface area (Å²) in [5.41, 5.74) is 2.07. The summed E-state index contributed by atoms with van der Waals surface area (Å²) in [6.45, 7) is 3.15. The van der Waals surface area contributed by atoms with Crippen molar-refractivity contribution in [2.75, 3.05) is 19.6 Å². The van der Waals surface area contributed by atoms with E-state index in [1.807, 2.05) is 23.1 Å². The Labute approximate surface area is 172 Å². The van der Waals surface area contributed by atoms with Gasteiger partial charge in [-0.25, -0.2) is 4.98 Å². The summed E-state index contributed by atoms with van der Waals surface area (Å²) in [6, 6.07) is 8.14. The number of carbonyl (C=O) groups is 2. The number of benzene rings is 1. The second-order valence-corrected chi connectivity index (χ2v) is 8.38. The molecule has 2 aromatic rings. The Kier molecular flexibility index (Phi) is 6.47. The van der Waals surface area contributed by atoms with Gasteiger partial charge in [-0.1, -0.05) is 25.0 Å². The van der Waals surface area contributed by atoms with Crippen LogP contribution in [0.15, 0.2) is 24.3 Å². The van der Waals surface area contributed by atoms with Crippen LogP contribution in [0.2, 0.25) is 0 Å². The van der Waals surface area contributed by atoms with Crippen LogP contribution < -0.4 is 5.32 Å². The van der Waals surface area contributed by atoms with Crippen LogP contribution in [0.4, 0.5) is 0 Å². The molecule has 6 nitrogen and oxygen atoms in total. The molecule has 1 N–H and O–H groups in total. The van der Waals surface area contributed by atoms with E-state index in [4.69, 9.17) is 4.98 Å². The Bertz CT molecular complexity index is 848. The molecule has 2 heterocycles. The number of fused-ring (bicyclic) bond motifs is 1. The summed E-state index contributed by atoms with van der Waals surface area (Å²) in [4.78, 5) is 31.4. The second-order valence-electron chi connectivity index (χ2n) is 8.38. The Hall–Kier alpha value is -2.37. The summed E-state index contributed by atoms with van der Waals surface area (Å²) < 4.78 is 2.20. The lowest BCUT2D eigenvalue weighted by Crippen LogP contribution is -2.32. The molecule has 2 fully saturated rings. The molecule has 1 aromatic carbocycles. The van der Waals surface area contributed by atoms with Gasteiger partial charge in [0.25, 0.3) is 0 Å². The van der Waals surface area contributed by atoms with E-state index in [-0.39, 0.29) is 17.7 Å². The first-order valence-electron chi connectivity index (χ1n) is 11.2. The standard InChI is InChI=1S/C23H32N4O2/c28-22(26-15-5-1-2-6-16-26)13-17-27-20-9-4-3-8-19(20)25-21(27)10-7-14-24-23(29)18-11-12-18/h3-4,8-9,18H,1-2,5-7,10-17H2,(H,24,29).